The number of terminal acetylenes is 1. The number of carbonyl (C=O) groups excluding carboxylic acids is 2. The molecule has 18 heavy (non-hydrogen) atoms. The van der Waals surface area contributed by atoms with Gasteiger partial charge < -0.3 is 0 Å². The SMILES string of the molecule is C#CCCNS(=O)(=O)CCN1C(=O)CCCC1=O. The van der Waals surface area contributed by atoms with Gasteiger partial charge in [0, 0.05) is 32.4 Å². The maximum atomic E-state index is 11.5. The first-order valence-corrected chi connectivity index (χ1v) is 7.35. The number of rotatable bonds is 6. The van der Waals surface area contributed by atoms with Crippen LogP contribution in [0.5, 0.6) is 0 Å². The maximum absolute atomic E-state index is 11.5. The Labute approximate surface area is 107 Å². The van der Waals surface area contributed by atoms with Crippen molar-refractivity contribution >= 4 is 21.8 Å². The molecular weight excluding hydrogens is 256 g/mol. The first-order chi connectivity index (χ1) is 8.46. The highest BCUT2D eigenvalue weighted by molar-refractivity contribution is 7.89. The van der Waals surface area contributed by atoms with Crippen molar-refractivity contribution in [2.45, 2.75) is 25.7 Å². The number of likely N-dealkylation sites (tertiary alicyclic amines) is 1. The number of amides is 2. The van der Waals surface area contributed by atoms with Crippen molar-refractivity contribution in [2.75, 3.05) is 18.8 Å². The fourth-order valence-corrected chi connectivity index (χ4v) is 2.59. The summed E-state index contributed by atoms with van der Waals surface area (Å²) >= 11 is 0. The molecule has 0 unspecified atom stereocenters. The summed E-state index contributed by atoms with van der Waals surface area (Å²) in [4.78, 5) is 23.9. The number of sulfonamides is 1. The van der Waals surface area contributed by atoms with Crippen molar-refractivity contribution in [2.24, 2.45) is 0 Å². The van der Waals surface area contributed by atoms with Crippen molar-refractivity contribution in [1.82, 2.24) is 9.62 Å². The summed E-state index contributed by atoms with van der Waals surface area (Å²) in [6, 6.07) is 0. The Kier molecular flexibility index (Phi) is 5.31. The minimum atomic E-state index is -3.49. The Morgan fingerprint density at radius 2 is 1.89 bits per heavy atom. The lowest BCUT2D eigenvalue weighted by Gasteiger charge is -2.24. The second kappa shape index (κ2) is 6.52. The van der Waals surface area contributed by atoms with Gasteiger partial charge in [-0.1, -0.05) is 0 Å². The number of nitrogens with one attached hydrogen (secondary N) is 1. The molecule has 6 nitrogen and oxygen atoms in total. The molecule has 1 aliphatic heterocycles. The zero-order valence-electron chi connectivity index (χ0n) is 10.0. The minimum absolute atomic E-state index is 0.0942. The molecule has 2 amide bonds. The van der Waals surface area contributed by atoms with Crippen LogP contribution in [0.25, 0.3) is 0 Å². The second-order valence-corrected chi connectivity index (χ2v) is 5.89. The Balaban J connectivity index is 2.46. The van der Waals surface area contributed by atoms with E-state index in [0.29, 0.717) is 25.7 Å². The molecule has 1 heterocycles. The first-order valence-electron chi connectivity index (χ1n) is 5.70. The lowest BCUT2D eigenvalue weighted by molar-refractivity contribution is -0.147. The van der Waals surface area contributed by atoms with E-state index in [4.69, 9.17) is 6.42 Å². The van der Waals surface area contributed by atoms with Gasteiger partial charge in [-0.2, -0.15) is 0 Å². The molecule has 0 bridgehead atoms. The molecule has 0 aromatic carbocycles. The number of carbonyl (C=O) groups is 2. The molecule has 7 heteroatoms. The van der Waals surface area contributed by atoms with Crippen LogP contribution in [0.4, 0.5) is 0 Å². The average molecular weight is 272 g/mol. The highest BCUT2D eigenvalue weighted by atomic mass is 32.2. The molecule has 0 saturated carbocycles. The summed E-state index contributed by atoms with van der Waals surface area (Å²) in [5, 5.41) is 0. The molecule has 100 valence electrons. The quantitative estimate of drug-likeness (QED) is 0.400. The number of piperidine rings is 1. The minimum Gasteiger partial charge on any atom is -0.282 e. The van der Waals surface area contributed by atoms with Gasteiger partial charge in [-0.05, 0) is 6.42 Å². The Morgan fingerprint density at radius 1 is 1.28 bits per heavy atom. The van der Waals surface area contributed by atoms with Crippen LogP contribution in [0.2, 0.25) is 0 Å². The van der Waals surface area contributed by atoms with E-state index in [1.165, 1.54) is 0 Å². The normalized spacial score (nSPS) is 16.7. The van der Waals surface area contributed by atoms with E-state index < -0.39 is 10.0 Å². The monoisotopic (exact) mass is 272 g/mol. The topological polar surface area (TPSA) is 83.6 Å². The van der Waals surface area contributed by atoms with Crippen molar-refractivity contribution in [1.29, 1.82) is 0 Å². The van der Waals surface area contributed by atoms with E-state index in [-0.39, 0.29) is 30.7 Å². The zero-order chi connectivity index (χ0) is 13.6. The third kappa shape index (κ3) is 4.47. The van der Waals surface area contributed by atoms with Crippen LogP contribution in [0, 0.1) is 12.3 Å². The third-order valence-corrected chi connectivity index (χ3v) is 3.92. The standard InChI is InChI=1S/C11H16N2O4S/c1-2-3-7-12-18(16,17)9-8-13-10(14)5-4-6-11(13)15/h1,12H,3-9H2. The summed E-state index contributed by atoms with van der Waals surface area (Å²) in [6.07, 6.45) is 6.46. The lowest BCUT2D eigenvalue weighted by atomic mass is 10.1. The summed E-state index contributed by atoms with van der Waals surface area (Å²) in [5.74, 6) is 1.43. The predicted molar refractivity (Wildman–Crippen MR) is 65.8 cm³/mol. The fourth-order valence-electron chi connectivity index (χ4n) is 1.61. The maximum Gasteiger partial charge on any atom is 0.229 e. The van der Waals surface area contributed by atoms with Crippen molar-refractivity contribution < 1.29 is 18.0 Å². The Hall–Kier alpha value is -1.39. The van der Waals surface area contributed by atoms with Gasteiger partial charge >= 0.3 is 0 Å². The van der Waals surface area contributed by atoms with Gasteiger partial charge in [0.1, 0.15) is 0 Å². The summed E-state index contributed by atoms with van der Waals surface area (Å²) < 4.78 is 25.4. The molecule has 1 saturated heterocycles. The molecule has 0 aromatic rings. The first kappa shape index (κ1) is 14.7. The number of imide groups is 1. The van der Waals surface area contributed by atoms with E-state index in [1.54, 1.807) is 0 Å². The molecule has 1 rings (SSSR count). The molecule has 0 aromatic heterocycles. The van der Waals surface area contributed by atoms with Gasteiger partial charge in [-0.25, -0.2) is 13.1 Å². The van der Waals surface area contributed by atoms with Gasteiger partial charge in [0.25, 0.3) is 0 Å². The highest BCUT2D eigenvalue weighted by Crippen LogP contribution is 2.11. The van der Waals surface area contributed by atoms with Gasteiger partial charge in [-0.3, -0.25) is 14.5 Å². The smallest absolute Gasteiger partial charge is 0.229 e. The largest absolute Gasteiger partial charge is 0.282 e. The molecule has 0 radical (unpaired) electrons. The molecule has 0 atom stereocenters. The molecule has 1 N–H and O–H groups in total. The van der Waals surface area contributed by atoms with Crippen LogP contribution in [-0.4, -0.2) is 44.0 Å². The van der Waals surface area contributed by atoms with Crippen molar-refractivity contribution in [3.8, 4) is 12.3 Å². The lowest BCUT2D eigenvalue weighted by Crippen LogP contribution is -2.44. The van der Waals surface area contributed by atoms with E-state index in [2.05, 4.69) is 10.6 Å². The van der Waals surface area contributed by atoms with Crippen LogP contribution in [0.15, 0.2) is 0 Å². The van der Waals surface area contributed by atoms with Gasteiger partial charge in [0.15, 0.2) is 0 Å². The molecule has 0 spiro atoms. The molecular formula is C11H16N2O4S. The van der Waals surface area contributed by atoms with Crippen molar-refractivity contribution in [3.05, 3.63) is 0 Å². The fraction of sp³-hybridized carbons (Fsp3) is 0.636. The Bertz CT molecular complexity index is 448. The van der Waals surface area contributed by atoms with Crippen molar-refractivity contribution in [3.63, 3.8) is 0 Å². The van der Waals surface area contributed by atoms with Crippen LogP contribution in [0.1, 0.15) is 25.7 Å². The second-order valence-electron chi connectivity index (χ2n) is 3.96. The molecule has 1 fully saturated rings. The number of hydrogen-bond donors (Lipinski definition) is 1. The number of nitrogens with zero attached hydrogens (tertiary/aromatic N) is 1. The predicted octanol–water partition coefficient (Wildman–Crippen LogP) is -0.532. The van der Waals surface area contributed by atoms with Crippen LogP contribution >= 0.6 is 0 Å². The van der Waals surface area contributed by atoms with E-state index in [1.807, 2.05) is 0 Å². The number of hydrogen-bond acceptors (Lipinski definition) is 4. The zero-order valence-corrected chi connectivity index (χ0v) is 10.8. The molecule has 0 aliphatic carbocycles. The Morgan fingerprint density at radius 3 is 2.44 bits per heavy atom. The third-order valence-electron chi connectivity index (χ3n) is 2.56. The summed E-state index contributed by atoms with van der Waals surface area (Å²) in [6.45, 7) is 0.0732. The van der Waals surface area contributed by atoms with E-state index in [9.17, 15) is 18.0 Å². The van der Waals surface area contributed by atoms with Crippen LogP contribution in [-0.2, 0) is 19.6 Å². The average Bonchev–Trinajstić information content (AvgIpc) is 2.28. The molecule has 1 aliphatic rings. The highest BCUT2D eigenvalue weighted by Gasteiger charge is 2.26. The van der Waals surface area contributed by atoms with E-state index >= 15 is 0 Å². The van der Waals surface area contributed by atoms with Gasteiger partial charge in [-0.15, -0.1) is 12.3 Å². The van der Waals surface area contributed by atoms with E-state index in [0.717, 1.165) is 4.90 Å². The van der Waals surface area contributed by atoms with Gasteiger partial charge in [0.05, 0.1) is 5.75 Å². The van der Waals surface area contributed by atoms with Crippen LogP contribution < -0.4 is 4.72 Å². The summed E-state index contributed by atoms with van der Waals surface area (Å²) in [5.41, 5.74) is 0. The van der Waals surface area contributed by atoms with Crippen LogP contribution in [0.3, 0.4) is 0 Å². The summed E-state index contributed by atoms with van der Waals surface area (Å²) in [7, 11) is -3.49. The van der Waals surface area contributed by atoms with Gasteiger partial charge in [0.2, 0.25) is 21.8 Å².